The van der Waals surface area contributed by atoms with E-state index in [-0.39, 0.29) is 12.0 Å². The third kappa shape index (κ3) is 2.17. The van der Waals surface area contributed by atoms with Crippen molar-refractivity contribution in [3.8, 4) is 0 Å². The highest BCUT2D eigenvalue weighted by atomic mass is 19.2. The molecular formula is C12H14F2O. The Hall–Kier alpha value is -0.960. The fourth-order valence-corrected chi connectivity index (χ4v) is 2.24. The van der Waals surface area contributed by atoms with Gasteiger partial charge in [-0.1, -0.05) is 18.6 Å². The van der Waals surface area contributed by atoms with E-state index in [1.807, 2.05) is 0 Å². The van der Waals surface area contributed by atoms with Gasteiger partial charge in [-0.05, 0) is 36.8 Å². The van der Waals surface area contributed by atoms with Crippen LogP contribution >= 0.6 is 0 Å². The lowest BCUT2D eigenvalue weighted by atomic mass is 9.96. The van der Waals surface area contributed by atoms with Crippen LogP contribution in [0.15, 0.2) is 18.2 Å². The van der Waals surface area contributed by atoms with Crippen molar-refractivity contribution in [2.24, 2.45) is 5.92 Å². The molecule has 82 valence electrons. The smallest absolute Gasteiger partial charge is 0.162 e. The lowest BCUT2D eigenvalue weighted by Crippen LogP contribution is -2.16. The van der Waals surface area contributed by atoms with Crippen LogP contribution in [0.2, 0.25) is 0 Å². The number of hydrogen-bond acceptors (Lipinski definition) is 1. The molecule has 0 bridgehead atoms. The van der Waals surface area contributed by atoms with E-state index in [0.717, 1.165) is 25.3 Å². The average molecular weight is 212 g/mol. The first-order chi connectivity index (χ1) is 7.18. The van der Waals surface area contributed by atoms with E-state index in [1.165, 1.54) is 6.07 Å². The van der Waals surface area contributed by atoms with Gasteiger partial charge in [-0.2, -0.15) is 0 Å². The second-order valence-corrected chi connectivity index (χ2v) is 4.18. The van der Waals surface area contributed by atoms with Gasteiger partial charge >= 0.3 is 0 Å². The fourth-order valence-electron chi connectivity index (χ4n) is 2.24. The van der Waals surface area contributed by atoms with Crippen molar-refractivity contribution in [3.63, 3.8) is 0 Å². The third-order valence-electron chi connectivity index (χ3n) is 3.13. The molecule has 0 saturated heterocycles. The first-order valence-electron chi connectivity index (χ1n) is 5.29. The summed E-state index contributed by atoms with van der Waals surface area (Å²) in [6.07, 6.45) is 2.74. The molecule has 2 rings (SSSR count). The van der Waals surface area contributed by atoms with Crippen LogP contribution < -0.4 is 0 Å². The molecule has 2 atom stereocenters. The quantitative estimate of drug-likeness (QED) is 0.799. The monoisotopic (exact) mass is 212 g/mol. The Bertz CT molecular complexity index is 351. The second kappa shape index (κ2) is 4.27. The standard InChI is InChI=1S/C12H14F2O/c13-10-5-1-4-9(12(10)14)7-8-3-2-6-11(8)15/h1,4-5,8,11,15H,2-3,6-7H2. The van der Waals surface area contributed by atoms with Crippen LogP contribution in [0.3, 0.4) is 0 Å². The predicted octanol–water partition coefficient (Wildman–Crippen LogP) is 2.67. The van der Waals surface area contributed by atoms with Crippen LogP contribution in [0, 0.1) is 17.6 Å². The Kier molecular flexibility index (Phi) is 3.00. The summed E-state index contributed by atoms with van der Waals surface area (Å²) in [5, 5.41) is 9.59. The summed E-state index contributed by atoms with van der Waals surface area (Å²) < 4.78 is 26.2. The molecule has 1 aromatic carbocycles. The Labute approximate surface area is 87.7 Å². The summed E-state index contributed by atoms with van der Waals surface area (Å²) in [6, 6.07) is 4.21. The summed E-state index contributed by atoms with van der Waals surface area (Å²) in [7, 11) is 0. The number of benzene rings is 1. The Morgan fingerprint density at radius 3 is 2.73 bits per heavy atom. The molecule has 0 aromatic heterocycles. The van der Waals surface area contributed by atoms with Crippen molar-refractivity contribution >= 4 is 0 Å². The van der Waals surface area contributed by atoms with E-state index in [4.69, 9.17) is 0 Å². The van der Waals surface area contributed by atoms with E-state index in [1.54, 1.807) is 6.07 Å². The van der Waals surface area contributed by atoms with Crippen LogP contribution in [-0.4, -0.2) is 11.2 Å². The Morgan fingerprint density at radius 2 is 2.07 bits per heavy atom. The van der Waals surface area contributed by atoms with Crippen LogP contribution in [0.5, 0.6) is 0 Å². The molecule has 1 saturated carbocycles. The molecular weight excluding hydrogens is 198 g/mol. The average Bonchev–Trinajstić information content (AvgIpc) is 2.60. The van der Waals surface area contributed by atoms with Gasteiger partial charge in [-0.3, -0.25) is 0 Å². The number of rotatable bonds is 2. The molecule has 1 N–H and O–H groups in total. The summed E-state index contributed by atoms with van der Waals surface area (Å²) in [4.78, 5) is 0. The number of hydrogen-bond donors (Lipinski definition) is 1. The molecule has 1 aliphatic carbocycles. The van der Waals surface area contributed by atoms with Crippen LogP contribution in [0.4, 0.5) is 8.78 Å². The van der Waals surface area contributed by atoms with Crippen molar-refractivity contribution < 1.29 is 13.9 Å². The van der Waals surface area contributed by atoms with Crippen molar-refractivity contribution in [1.82, 2.24) is 0 Å². The van der Waals surface area contributed by atoms with Gasteiger partial charge in [0.1, 0.15) is 0 Å². The highest BCUT2D eigenvalue weighted by Crippen LogP contribution is 2.29. The van der Waals surface area contributed by atoms with Crippen LogP contribution in [-0.2, 0) is 6.42 Å². The van der Waals surface area contributed by atoms with Gasteiger partial charge in [-0.15, -0.1) is 0 Å². The Balaban J connectivity index is 2.13. The van der Waals surface area contributed by atoms with Gasteiger partial charge in [0.2, 0.25) is 0 Å². The summed E-state index contributed by atoms with van der Waals surface area (Å²) in [6.45, 7) is 0. The van der Waals surface area contributed by atoms with Crippen molar-refractivity contribution in [2.45, 2.75) is 31.8 Å². The highest BCUT2D eigenvalue weighted by Gasteiger charge is 2.26. The first-order valence-corrected chi connectivity index (χ1v) is 5.29. The zero-order chi connectivity index (χ0) is 10.8. The van der Waals surface area contributed by atoms with Gasteiger partial charge in [0, 0.05) is 0 Å². The molecule has 1 fully saturated rings. The van der Waals surface area contributed by atoms with Crippen molar-refractivity contribution in [3.05, 3.63) is 35.4 Å². The molecule has 0 radical (unpaired) electrons. The van der Waals surface area contributed by atoms with Gasteiger partial charge < -0.3 is 5.11 Å². The fraction of sp³-hybridized carbons (Fsp3) is 0.500. The minimum Gasteiger partial charge on any atom is -0.393 e. The van der Waals surface area contributed by atoms with Crippen LogP contribution in [0.25, 0.3) is 0 Å². The first kappa shape index (κ1) is 10.6. The maximum atomic E-state index is 13.3. The highest BCUT2D eigenvalue weighted by molar-refractivity contribution is 5.19. The molecule has 0 amide bonds. The summed E-state index contributed by atoms with van der Waals surface area (Å²) >= 11 is 0. The zero-order valence-corrected chi connectivity index (χ0v) is 8.42. The molecule has 2 unspecified atom stereocenters. The van der Waals surface area contributed by atoms with E-state index in [2.05, 4.69) is 0 Å². The number of aliphatic hydroxyl groups excluding tert-OH is 1. The normalized spacial score (nSPS) is 25.8. The van der Waals surface area contributed by atoms with Crippen LogP contribution in [0.1, 0.15) is 24.8 Å². The Morgan fingerprint density at radius 1 is 1.27 bits per heavy atom. The molecule has 1 aromatic rings. The molecule has 0 heterocycles. The number of aliphatic hydroxyl groups is 1. The third-order valence-corrected chi connectivity index (χ3v) is 3.13. The van der Waals surface area contributed by atoms with Gasteiger partial charge in [0.05, 0.1) is 6.10 Å². The second-order valence-electron chi connectivity index (χ2n) is 4.18. The molecule has 1 aliphatic rings. The minimum absolute atomic E-state index is 0.0845. The lowest BCUT2D eigenvalue weighted by molar-refractivity contribution is 0.132. The molecule has 3 heteroatoms. The molecule has 0 aliphatic heterocycles. The zero-order valence-electron chi connectivity index (χ0n) is 8.42. The molecule has 15 heavy (non-hydrogen) atoms. The molecule has 0 spiro atoms. The summed E-state index contributed by atoms with van der Waals surface area (Å²) in [5.41, 5.74) is 0.376. The van der Waals surface area contributed by atoms with Crippen molar-refractivity contribution in [1.29, 1.82) is 0 Å². The number of halogens is 2. The maximum absolute atomic E-state index is 13.3. The predicted molar refractivity (Wildman–Crippen MR) is 53.4 cm³/mol. The van der Waals surface area contributed by atoms with Gasteiger partial charge in [-0.25, -0.2) is 8.78 Å². The molecule has 1 nitrogen and oxygen atoms in total. The lowest BCUT2D eigenvalue weighted by Gasteiger charge is -2.14. The largest absolute Gasteiger partial charge is 0.393 e. The van der Waals surface area contributed by atoms with E-state index in [0.29, 0.717) is 12.0 Å². The summed E-state index contributed by atoms with van der Waals surface area (Å²) in [5.74, 6) is -1.49. The van der Waals surface area contributed by atoms with E-state index in [9.17, 15) is 13.9 Å². The van der Waals surface area contributed by atoms with Gasteiger partial charge in [0.15, 0.2) is 11.6 Å². The van der Waals surface area contributed by atoms with E-state index >= 15 is 0 Å². The van der Waals surface area contributed by atoms with Crippen molar-refractivity contribution in [2.75, 3.05) is 0 Å². The SMILES string of the molecule is OC1CCCC1Cc1cccc(F)c1F. The topological polar surface area (TPSA) is 20.2 Å². The van der Waals surface area contributed by atoms with E-state index < -0.39 is 11.6 Å². The minimum atomic E-state index is -0.806. The maximum Gasteiger partial charge on any atom is 0.162 e. The van der Waals surface area contributed by atoms with Gasteiger partial charge in [0.25, 0.3) is 0 Å².